The van der Waals surface area contributed by atoms with Gasteiger partial charge in [0, 0.05) is 12.6 Å². The number of nitrogens with zero attached hydrogens (tertiary/aromatic N) is 1. The molecule has 0 radical (unpaired) electrons. The molecule has 2 rings (SSSR count). The number of hydrogen-bond donors (Lipinski definition) is 1. The molecule has 0 aromatic rings. The molecule has 2 atom stereocenters. The van der Waals surface area contributed by atoms with Gasteiger partial charge in [-0.2, -0.15) is 0 Å². The summed E-state index contributed by atoms with van der Waals surface area (Å²) in [5, 5.41) is 3.48. The largest absolute Gasteiger partial charge is 0.314 e. The Hall–Kier alpha value is -0.220. The number of halogens is 2. The first-order valence-electron chi connectivity index (χ1n) is 5.49. The molecular formula is C10H18F2N2. The average Bonchev–Trinajstić information content (AvgIpc) is 2.17. The lowest BCUT2D eigenvalue weighted by Gasteiger charge is -2.41. The van der Waals surface area contributed by atoms with E-state index in [0.717, 1.165) is 26.1 Å². The van der Waals surface area contributed by atoms with Gasteiger partial charge in [0.25, 0.3) is 6.43 Å². The topological polar surface area (TPSA) is 15.3 Å². The van der Waals surface area contributed by atoms with Crippen molar-refractivity contribution in [2.24, 2.45) is 5.92 Å². The molecule has 14 heavy (non-hydrogen) atoms. The van der Waals surface area contributed by atoms with E-state index in [2.05, 4.69) is 5.32 Å². The summed E-state index contributed by atoms with van der Waals surface area (Å²) in [5.41, 5.74) is 0. The van der Waals surface area contributed by atoms with Gasteiger partial charge in [-0.3, -0.25) is 4.90 Å². The van der Waals surface area contributed by atoms with Gasteiger partial charge < -0.3 is 5.32 Å². The zero-order chi connectivity index (χ0) is 9.97. The second-order valence-corrected chi connectivity index (χ2v) is 4.40. The molecule has 2 saturated heterocycles. The first kappa shape index (κ1) is 10.3. The van der Waals surface area contributed by atoms with E-state index in [0.29, 0.717) is 12.0 Å². The van der Waals surface area contributed by atoms with E-state index in [1.165, 1.54) is 12.8 Å². The summed E-state index contributed by atoms with van der Waals surface area (Å²) in [6.07, 6.45) is 1.27. The second-order valence-electron chi connectivity index (χ2n) is 4.40. The molecule has 2 nitrogen and oxygen atoms in total. The molecule has 1 N–H and O–H groups in total. The van der Waals surface area contributed by atoms with Crippen molar-refractivity contribution in [3.63, 3.8) is 0 Å². The molecule has 2 heterocycles. The van der Waals surface area contributed by atoms with Crippen molar-refractivity contribution < 1.29 is 8.78 Å². The van der Waals surface area contributed by atoms with Crippen LogP contribution in [0.3, 0.4) is 0 Å². The van der Waals surface area contributed by atoms with Gasteiger partial charge in [-0.05, 0) is 38.3 Å². The van der Waals surface area contributed by atoms with E-state index >= 15 is 0 Å². The van der Waals surface area contributed by atoms with Crippen LogP contribution in [0.2, 0.25) is 0 Å². The van der Waals surface area contributed by atoms with Crippen molar-refractivity contribution in [2.75, 3.05) is 26.2 Å². The molecule has 2 fully saturated rings. The minimum Gasteiger partial charge on any atom is -0.314 e. The number of nitrogens with one attached hydrogen (secondary N) is 1. The standard InChI is InChI=1S/C10H18F2N2/c11-10(12)7-14-5-3-9-8(6-14)2-1-4-13-9/h8-10,13H,1-7H2. The number of fused-ring (bicyclic) bond motifs is 1. The Bertz CT molecular complexity index is 187. The van der Waals surface area contributed by atoms with E-state index in [1.807, 2.05) is 4.90 Å². The molecule has 0 amide bonds. The fourth-order valence-electron chi connectivity index (χ4n) is 2.68. The highest BCUT2D eigenvalue weighted by Gasteiger charge is 2.31. The monoisotopic (exact) mass is 204 g/mol. The fraction of sp³-hybridized carbons (Fsp3) is 1.00. The SMILES string of the molecule is FC(F)CN1CCC2NCCCC2C1. The summed E-state index contributed by atoms with van der Waals surface area (Å²) in [6, 6.07) is 0.595. The van der Waals surface area contributed by atoms with Gasteiger partial charge in [-0.1, -0.05) is 0 Å². The van der Waals surface area contributed by atoms with Gasteiger partial charge in [0.05, 0.1) is 6.54 Å². The Morgan fingerprint density at radius 2 is 2.21 bits per heavy atom. The van der Waals surface area contributed by atoms with Crippen LogP contribution in [-0.4, -0.2) is 43.5 Å². The van der Waals surface area contributed by atoms with Crippen molar-refractivity contribution in [1.29, 1.82) is 0 Å². The number of alkyl halides is 2. The van der Waals surface area contributed by atoms with E-state index in [-0.39, 0.29) is 6.54 Å². The van der Waals surface area contributed by atoms with Crippen LogP contribution in [-0.2, 0) is 0 Å². The third-order valence-corrected chi connectivity index (χ3v) is 3.37. The number of hydrogen-bond acceptors (Lipinski definition) is 2. The second kappa shape index (κ2) is 4.53. The van der Waals surface area contributed by atoms with Gasteiger partial charge in [0.2, 0.25) is 0 Å². The minimum absolute atomic E-state index is 0.0385. The van der Waals surface area contributed by atoms with Crippen LogP contribution in [0.5, 0.6) is 0 Å². The third-order valence-electron chi connectivity index (χ3n) is 3.37. The minimum atomic E-state index is -2.18. The molecule has 82 valence electrons. The Balaban J connectivity index is 1.83. The molecule has 0 aromatic carbocycles. The van der Waals surface area contributed by atoms with Crippen molar-refractivity contribution in [3.05, 3.63) is 0 Å². The molecule has 0 bridgehead atoms. The fourth-order valence-corrected chi connectivity index (χ4v) is 2.68. The quantitative estimate of drug-likeness (QED) is 0.730. The van der Waals surface area contributed by atoms with Crippen LogP contribution in [0.25, 0.3) is 0 Å². The smallest absolute Gasteiger partial charge is 0.251 e. The predicted octanol–water partition coefficient (Wildman–Crippen LogP) is 1.33. The van der Waals surface area contributed by atoms with E-state index in [9.17, 15) is 8.78 Å². The zero-order valence-electron chi connectivity index (χ0n) is 8.38. The number of piperidine rings is 2. The molecule has 0 aromatic heterocycles. The lowest BCUT2D eigenvalue weighted by atomic mass is 9.85. The summed E-state index contributed by atoms with van der Waals surface area (Å²) < 4.78 is 24.4. The third kappa shape index (κ3) is 2.42. The maximum absolute atomic E-state index is 12.2. The summed E-state index contributed by atoms with van der Waals surface area (Å²) in [5.74, 6) is 0.608. The lowest BCUT2D eigenvalue weighted by molar-refractivity contribution is 0.0466. The summed E-state index contributed by atoms with van der Waals surface area (Å²) >= 11 is 0. The number of likely N-dealkylation sites (tertiary alicyclic amines) is 1. The first-order valence-corrected chi connectivity index (χ1v) is 5.49. The van der Waals surface area contributed by atoms with Gasteiger partial charge in [0.15, 0.2) is 0 Å². The summed E-state index contributed by atoms with van der Waals surface area (Å²) in [6.45, 7) is 2.76. The maximum Gasteiger partial charge on any atom is 0.251 e. The molecular weight excluding hydrogens is 186 g/mol. The normalized spacial score (nSPS) is 34.5. The molecule has 4 heteroatoms. The van der Waals surface area contributed by atoms with Gasteiger partial charge in [-0.15, -0.1) is 0 Å². The van der Waals surface area contributed by atoms with Crippen molar-refractivity contribution in [2.45, 2.75) is 31.7 Å². The summed E-state index contributed by atoms with van der Waals surface area (Å²) in [7, 11) is 0. The molecule has 0 spiro atoms. The first-order chi connectivity index (χ1) is 6.75. The van der Waals surface area contributed by atoms with Crippen molar-refractivity contribution in [3.8, 4) is 0 Å². The maximum atomic E-state index is 12.2. The highest BCUT2D eigenvalue weighted by Crippen LogP contribution is 2.24. The summed E-state index contributed by atoms with van der Waals surface area (Å²) in [4.78, 5) is 1.92. The van der Waals surface area contributed by atoms with Crippen LogP contribution >= 0.6 is 0 Å². The Morgan fingerprint density at radius 1 is 1.36 bits per heavy atom. The Morgan fingerprint density at radius 3 is 3.00 bits per heavy atom. The van der Waals surface area contributed by atoms with Crippen LogP contribution in [0.1, 0.15) is 19.3 Å². The van der Waals surface area contributed by atoms with Crippen LogP contribution in [0.15, 0.2) is 0 Å². The lowest BCUT2D eigenvalue weighted by Crippen LogP contribution is -2.52. The average molecular weight is 204 g/mol. The van der Waals surface area contributed by atoms with Crippen LogP contribution in [0, 0.1) is 5.92 Å². The van der Waals surface area contributed by atoms with E-state index in [1.54, 1.807) is 0 Å². The number of rotatable bonds is 2. The molecule has 0 aliphatic carbocycles. The zero-order valence-corrected chi connectivity index (χ0v) is 8.38. The van der Waals surface area contributed by atoms with Crippen molar-refractivity contribution in [1.82, 2.24) is 10.2 Å². The van der Waals surface area contributed by atoms with E-state index < -0.39 is 6.43 Å². The van der Waals surface area contributed by atoms with E-state index in [4.69, 9.17) is 0 Å². The highest BCUT2D eigenvalue weighted by molar-refractivity contribution is 4.88. The molecule has 0 saturated carbocycles. The highest BCUT2D eigenvalue weighted by atomic mass is 19.3. The van der Waals surface area contributed by atoms with Crippen molar-refractivity contribution >= 4 is 0 Å². The predicted molar refractivity (Wildman–Crippen MR) is 51.6 cm³/mol. The molecule has 2 unspecified atom stereocenters. The van der Waals surface area contributed by atoms with Gasteiger partial charge >= 0.3 is 0 Å². The van der Waals surface area contributed by atoms with Crippen LogP contribution < -0.4 is 5.32 Å². The Kier molecular flexibility index (Phi) is 3.34. The molecule has 2 aliphatic rings. The van der Waals surface area contributed by atoms with Gasteiger partial charge in [-0.25, -0.2) is 8.78 Å². The molecule has 2 aliphatic heterocycles. The van der Waals surface area contributed by atoms with Crippen LogP contribution in [0.4, 0.5) is 8.78 Å². The Labute approximate surface area is 83.7 Å². The van der Waals surface area contributed by atoms with Gasteiger partial charge in [0.1, 0.15) is 0 Å².